The number of hydrogen-bond donors (Lipinski definition) is 3. The Morgan fingerprint density at radius 2 is 2.00 bits per heavy atom. The van der Waals surface area contributed by atoms with Gasteiger partial charge in [-0.1, -0.05) is 12.1 Å². The first-order valence-corrected chi connectivity index (χ1v) is 9.88. The standard InChI is InChI=1S/C18H24N4O4S/c1-13(2)19-18(23)21-27(24,25)17-11-22(12-26-4)9-8-16(17)20-15-7-5-6-14(3)10-15/h5-11,13H,12H2,1-4H3,(H2,19,21,23)/p+1. The van der Waals surface area contributed by atoms with Crippen molar-refractivity contribution in [3.8, 4) is 0 Å². The molecule has 0 aliphatic rings. The van der Waals surface area contributed by atoms with Gasteiger partial charge in [-0.3, -0.25) is 0 Å². The van der Waals surface area contributed by atoms with E-state index in [0.717, 1.165) is 11.3 Å². The van der Waals surface area contributed by atoms with Crippen LogP contribution in [-0.4, -0.2) is 27.6 Å². The first-order valence-electron chi connectivity index (χ1n) is 8.40. The number of rotatable bonds is 7. The number of hydrogen-bond acceptors (Lipinski definition) is 5. The van der Waals surface area contributed by atoms with Gasteiger partial charge in [0.2, 0.25) is 0 Å². The molecular weight excluding hydrogens is 368 g/mol. The summed E-state index contributed by atoms with van der Waals surface area (Å²) in [6, 6.07) is 8.18. The fourth-order valence-electron chi connectivity index (χ4n) is 2.41. The lowest BCUT2D eigenvalue weighted by molar-refractivity contribution is -0.732. The van der Waals surface area contributed by atoms with Crippen LogP contribution in [0.3, 0.4) is 0 Å². The van der Waals surface area contributed by atoms with Gasteiger partial charge in [-0.2, -0.15) is 4.57 Å². The zero-order valence-electron chi connectivity index (χ0n) is 15.8. The molecule has 0 unspecified atom stereocenters. The Morgan fingerprint density at radius 3 is 2.63 bits per heavy atom. The molecule has 9 heteroatoms. The number of methoxy groups -OCH3 is 1. The number of nitrogens with zero attached hydrogens (tertiary/aromatic N) is 1. The molecule has 1 heterocycles. The van der Waals surface area contributed by atoms with Crippen LogP contribution >= 0.6 is 0 Å². The van der Waals surface area contributed by atoms with Crippen LogP contribution in [0, 0.1) is 6.92 Å². The van der Waals surface area contributed by atoms with Gasteiger partial charge < -0.3 is 15.4 Å². The van der Waals surface area contributed by atoms with Gasteiger partial charge in [-0.15, -0.1) is 0 Å². The summed E-state index contributed by atoms with van der Waals surface area (Å²) in [6.07, 6.45) is 3.10. The highest BCUT2D eigenvalue weighted by Crippen LogP contribution is 2.24. The van der Waals surface area contributed by atoms with Crippen molar-refractivity contribution in [3.63, 3.8) is 0 Å². The van der Waals surface area contributed by atoms with E-state index in [9.17, 15) is 13.2 Å². The van der Waals surface area contributed by atoms with Gasteiger partial charge in [-0.05, 0) is 38.5 Å². The lowest BCUT2D eigenvalue weighted by Crippen LogP contribution is -2.43. The molecule has 27 heavy (non-hydrogen) atoms. The molecule has 1 aromatic heterocycles. The molecule has 0 aliphatic heterocycles. The number of pyridine rings is 1. The van der Waals surface area contributed by atoms with E-state index in [4.69, 9.17) is 4.74 Å². The first-order chi connectivity index (χ1) is 12.7. The third-order valence-corrected chi connectivity index (χ3v) is 4.85. The van der Waals surface area contributed by atoms with Crippen molar-refractivity contribution >= 4 is 27.4 Å². The zero-order chi connectivity index (χ0) is 20.0. The van der Waals surface area contributed by atoms with Crippen LogP contribution in [0.2, 0.25) is 0 Å². The van der Waals surface area contributed by atoms with Gasteiger partial charge in [0, 0.05) is 24.9 Å². The van der Waals surface area contributed by atoms with Gasteiger partial charge in [0.15, 0.2) is 17.3 Å². The van der Waals surface area contributed by atoms with Crippen molar-refractivity contribution in [2.45, 2.75) is 38.4 Å². The Kier molecular flexibility index (Phi) is 6.75. The van der Waals surface area contributed by atoms with Crippen molar-refractivity contribution < 1.29 is 22.5 Å². The van der Waals surface area contributed by atoms with Crippen LogP contribution in [0.1, 0.15) is 19.4 Å². The van der Waals surface area contributed by atoms with Crippen molar-refractivity contribution in [3.05, 3.63) is 48.3 Å². The molecule has 8 nitrogen and oxygen atoms in total. The topological polar surface area (TPSA) is 100 Å². The van der Waals surface area contributed by atoms with Crippen molar-refractivity contribution in [2.24, 2.45) is 0 Å². The summed E-state index contributed by atoms with van der Waals surface area (Å²) in [7, 11) is -2.60. The average Bonchev–Trinajstić information content (AvgIpc) is 2.55. The monoisotopic (exact) mass is 393 g/mol. The molecule has 0 aliphatic carbocycles. The van der Waals surface area contributed by atoms with Crippen molar-refractivity contribution in [1.29, 1.82) is 0 Å². The van der Waals surface area contributed by atoms with Crippen LogP contribution in [0.25, 0.3) is 0 Å². The number of carbonyl (C=O) groups is 1. The van der Waals surface area contributed by atoms with E-state index in [1.54, 1.807) is 30.7 Å². The number of anilines is 2. The molecule has 0 bridgehead atoms. The number of nitrogens with one attached hydrogen (secondary N) is 3. The Bertz CT molecular complexity index is 913. The Balaban J connectivity index is 2.41. The predicted octanol–water partition coefficient (Wildman–Crippen LogP) is 2.03. The number of sulfonamides is 1. The molecule has 0 atom stereocenters. The molecule has 0 fully saturated rings. The summed E-state index contributed by atoms with van der Waals surface area (Å²) in [6.45, 7) is 5.60. The number of ether oxygens (including phenoxy) is 1. The molecule has 3 N–H and O–H groups in total. The SMILES string of the molecule is COC[n+]1ccc(Nc2cccc(C)c2)c(S(=O)(=O)NC(=O)NC(C)C)c1. The van der Waals surface area contributed by atoms with E-state index >= 15 is 0 Å². The number of aromatic nitrogens is 1. The second-order valence-corrected chi connectivity index (χ2v) is 8.03. The predicted molar refractivity (Wildman–Crippen MR) is 102 cm³/mol. The second kappa shape index (κ2) is 8.83. The molecule has 2 aromatic rings. The van der Waals surface area contributed by atoms with E-state index < -0.39 is 16.1 Å². The highest BCUT2D eigenvalue weighted by Gasteiger charge is 2.25. The van der Waals surface area contributed by atoms with Crippen LogP contribution < -0.4 is 19.9 Å². The lowest BCUT2D eigenvalue weighted by Gasteiger charge is -2.14. The maximum atomic E-state index is 12.8. The molecule has 2 amide bonds. The van der Waals surface area contributed by atoms with Crippen LogP contribution in [-0.2, 0) is 21.5 Å². The summed E-state index contributed by atoms with van der Waals surface area (Å²) in [5.41, 5.74) is 2.12. The van der Waals surface area contributed by atoms with Gasteiger partial charge in [0.1, 0.15) is 0 Å². The average molecular weight is 393 g/mol. The van der Waals surface area contributed by atoms with E-state index in [0.29, 0.717) is 5.69 Å². The second-order valence-electron chi connectivity index (χ2n) is 6.38. The van der Waals surface area contributed by atoms with Crippen LogP contribution in [0.5, 0.6) is 0 Å². The minimum Gasteiger partial charge on any atom is -0.354 e. The Hall–Kier alpha value is -2.65. The Morgan fingerprint density at radius 1 is 1.26 bits per heavy atom. The van der Waals surface area contributed by atoms with Crippen LogP contribution in [0.15, 0.2) is 47.6 Å². The molecule has 2 rings (SSSR count). The normalized spacial score (nSPS) is 11.3. The summed E-state index contributed by atoms with van der Waals surface area (Å²) in [5, 5.41) is 5.60. The third kappa shape index (κ3) is 5.93. The summed E-state index contributed by atoms with van der Waals surface area (Å²) < 4.78 is 34.2. The number of carbonyl (C=O) groups excluding carboxylic acids is 1. The van der Waals surface area contributed by atoms with Gasteiger partial charge >= 0.3 is 6.03 Å². The molecule has 0 radical (unpaired) electrons. The summed E-state index contributed by atoms with van der Waals surface area (Å²) in [4.78, 5) is 11.8. The maximum absolute atomic E-state index is 12.8. The number of amides is 2. The minimum absolute atomic E-state index is 0.0672. The molecule has 146 valence electrons. The number of aryl methyl sites for hydroxylation is 1. The fourth-order valence-corrected chi connectivity index (χ4v) is 3.51. The number of benzene rings is 1. The van der Waals surface area contributed by atoms with Crippen LogP contribution in [0.4, 0.5) is 16.2 Å². The molecule has 0 spiro atoms. The number of urea groups is 1. The van der Waals surface area contributed by atoms with E-state index in [2.05, 4.69) is 10.6 Å². The van der Waals surface area contributed by atoms with Crippen molar-refractivity contribution in [1.82, 2.24) is 10.0 Å². The summed E-state index contributed by atoms with van der Waals surface area (Å²) in [5.74, 6) is 0. The molecule has 0 saturated heterocycles. The largest absolute Gasteiger partial charge is 0.354 e. The van der Waals surface area contributed by atoms with Gasteiger partial charge in [-0.25, -0.2) is 17.9 Å². The smallest absolute Gasteiger partial charge is 0.328 e. The molecule has 0 saturated carbocycles. The highest BCUT2D eigenvalue weighted by atomic mass is 32.2. The molecule has 1 aromatic carbocycles. The highest BCUT2D eigenvalue weighted by molar-refractivity contribution is 7.90. The lowest BCUT2D eigenvalue weighted by atomic mass is 10.2. The molecular formula is C18H25N4O4S+. The third-order valence-electron chi connectivity index (χ3n) is 3.49. The maximum Gasteiger partial charge on any atom is 0.328 e. The first kappa shape index (κ1) is 20.7. The van der Waals surface area contributed by atoms with Gasteiger partial charge in [0.05, 0.1) is 5.69 Å². The Labute approximate surface area is 159 Å². The van der Waals surface area contributed by atoms with E-state index in [-0.39, 0.29) is 17.7 Å². The van der Waals surface area contributed by atoms with E-state index in [1.807, 2.05) is 35.9 Å². The fraction of sp³-hybridized carbons (Fsp3) is 0.333. The van der Waals surface area contributed by atoms with E-state index in [1.165, 1.54) is 13.3 Å². The quantitative estimate of drug-likeness (QED) is 0.625. The van der Waals surface area contributed by atoms with Gasteiger partial charge in [0.25, 0.3) is 16.8 Å². The van der Waals surface area contributed by atoms with Crippen molar-refractivity contribution in [2.75, 3.05) is 12.4 Å². The zero-order valence-corrected chi connectivity index (χ0v) is 16.6. The minimum atomic E-state index is -4.11. The summed E-state index contributed by atoms with van der Waals surface area (Å²) >= 11 is 0.